The van der Waals surface area contributed by atoms with Gasteiger partial charge in [0, 0.05) is 18.2 Å². The van der Waals surface area contributed by atoms with Crippen LogP contribution in [0.15, 0.2) is 35.2 Å². The van der Waals surface area contributed by atoms with Crippen molar-refractivity contribution in [3.63, 3.8) is 0 Å². The average molecular weight is 391 g/mol. The maximum atomic E-state index is 13.5. The van der Waals surface area contributed by atoms with E-state index in [2.05, 4.69) is 0 Å². The molecule has 3 rings (SSSR count). The van der Waals surface area contributed by atoms with Gasteiger partial charge in [-0.1, -0.05) is 6.07 Å². The van der Waals surface area contributed by atoms with Crippen LogP contribution in [0.2, 0.25) is 0 Å². The van der Waals surface area contributed by atoms with Crippen LogP contribution in [0.3, 0.4) is 0 Å². The van der Waals surface area contributed by atoms with Gasteiger partial charge in [0.05, 0.1) is 30.4 Å². The number of nitrogens with zero attached hydrogens (tertiary/aromatic N) is 1. The quantitative estimate of drug-likeness (QED) is 0.846. The summed E-state index contributed by atoms with van der Waals surface area (Å²) in [5.74, 6) is 1.23. The molecule has 0 fully saturated rings. The van der Waals surface area contributed by atoms with Gasteiger partial charge in [0.25, 0.3) is 10.0 Å². The van der Waals surface area contributed by atoms with Gasteiger partial charge in [0.15, 0.2) is 0 Å². The maximum absolute atomic E-state index is 13.5. The molecule has 7 heteroatoms. The molecule has 0 saturated carbocycles. The summed E-state index contributed by atoms with van der Waals surface area (Å²) >= 11 is 0. The summed E-state index contributed by atoms with van der Waals surface area (Å²) in [7, 11) is -2.27. The Bertz CT molecular complexity index is 955. The van der Waals surface area contributed by atoms with Crippen molar-refractivity contribution in [1.29, 1.82) is 0 Å². The van der Waals surface area contributed by atoms with Crippen LogP contribution < -0.4 is 13.8 Å². The van der Waals surface area contributed by atoms with Crippen LogP contribution in [0.5, 0.6) is 11.5 Å². The lowest BCUT2D eigenvalue weighted by Gasteiger charge is -2.33. The molecule has 1 atom stereocenters. The Morgan fingerprint density at radius 2 is 1.93 bits per heavy atom. The van der Waals surface area contributed by atoms with E-state index >= 15 is 0 Å². The van der Waals surface area contributed by atoms with Crippen LogP contribution in [0.1, 0.15) is 36.1 Å². The Balaban J connectivity index is 2.12. The van der Waals surface area contributed by atoms with E-state index in [0.717, 1.165) is 5.56 Å². The minimum Gasteiger partial charge on any atom is -0.497 e. The lowest BCUT2D eigenvalue weighted by molar-refractivity contribution is 0.166. The smallest absolute Gasteiger partial charge is 0.264 e. The van der Waals surface area contributed by atoms with Crippen molar-refractivity contribution < 1.29 is 23.0 Å². The standard InChI is InChI=1S/C20H25NO5S/c1-5-26-19-10-14(3)20(11-13(19)2)27(23,24)21-9-8-18(22)16-7-6-15(25-4)12-17(16)21/h6-7,10-12,18,22H,5,8-9H2,1-4H3. The van der Waals surface area contributed by atoms with Crippen molar-refractivity contribution >= 4 is 15.7 Å². The topological polar surface area (TPSA) is 76.1 Å². The average Bonchev–Trinajstić information content (AvgIpc) is 2.64. The number of hydrogen-bond acceptors (Lipinski definition) is 5. The molecular formula is C20H25NO5S. The summed E-state index contributed by atoms with van der Waals surface area (Å²) in [5.41, 5.74) is 2.44. The SMILES string of the molecule is CCOc1cc(C)c(S(=O)(=O)N2CCC(O)c3ccc(OC)cc32)cc1C. The van der Waals surface area contributed by atoms with E-state index < -0.39 is 16.1 Å². The fraction of sp³-hybridized carbons (Fsp3) is 0.400. The molecule has 0 saturated heterocycles. The minimum absolute atomic E-state index is 0.204. The first-order valence-electron chi connectivity index (χ1n) is 8.92. The number of hydrogen-bond donors (Lipinski definition) is 1. The number of anilines is 1. The largest absolute Gasteiger partial charge is 0.497 e. The molecule has 1 aliphatic rings. The Morgan fingerprint density at radius 1 is 1.19 bits per heavy atom. The van der Waals surface area contributed by atoms with Crippen molar-refractivity contribution in [3.8, 4) is 11.5 Å². The summed E-state index contributed by atoms with van der Waals surface area (Å²) in [5, 5.41) is 10.3. The van der Waals surface area contributed by atoms with Gasteiger partial charge in [-0.15, -0.1) is 0 Å². The number of rotatable bonds is 5. The summed E-state index contributed by atoms with van der Waals surface area (Å²) in [6.45, 7) is 6.21. The molecule has 0 aromatic heterocycles. The molecule has 1 unspecified atom stereocenters. The first kappa shape index (κ1) is 19.5. The molecule has 2 aromatic carbocycles. The normalized spacial score (nSPS) is 16.8. The Kier molecular flexibility index (Phi) is 5.35. The van der Waals surface area contributed by atoms with Gasteiger partial charge >= 0.3 is 0 Å². The van der Waals surface area contributed by atoms with E-state index in [4.69, 9.17) is 9.47 Å². The van der Waals surface area contributed by atoms with Crippen molar-refractivity contribution in [1.82, 2.24) is 0 Å². The number of aryl methyl sites for hydroxylation is 2. The first-order chi connectivity index (χ1) is 12.8. The molecular weight excluding hydrogens is 366 g/mol. The van der Waals surface area contributed by atoms with E-state index in [9.17, 15) is 13.5 Å². The van der Waals surface area contributed by atoms with E-state index in [1.807, 2.05) is 13.8 Å². The molecule has 0 spiro atoms. The van der Waals surface area contributed by atoms with E-state index in [1.165, 1.54) is 11.4 Å². The number of aliphatic hydroxyl groups is 1. The second kappa shape index (κ2) is 7.40. The van der Waals surface area contributed by atoms with E-state index in [1.54, 1.807) is 37.3 Å². The monoisotopic (exact) mass is 391 g/mol. The number of ether oxygens (including phenoxy) is 2. The van der Waals surface area contributed by atoms with E-state index in [0.29, 0.717) is 41.3 Å². The molecule has 1 N–H and O–H groups in total. The van der Waals surface area contributed by atoms with Crippen LogP contribution in [-0.4, -0.2) is 33.8 Å². The second-order valence-corrected chi connectivity index (χ2v) is 8.45. The molecule has 27 heavy (non-hydrogen) atoms. The van der Waals surface area contributed by atoms with Crippen LogP contribution in [-0.2, 0) is 10.0 Å². The Hall–Kier alpha value is -2.25. The molecule has 2 aromatic rings. The Morgan fingerprint density at radius 3 is 2.59 bits per heavy atom. The first-order valence-corrected chi connectivity index (χ1v) is 10.4. The molecule has 6 nitrogen and oxygen atoms in total. The van der Waals surface area contributed by atoms with Crippen LogP contribution in [0.4, 0.5) is 5.69 Å². The van der Waals surface area contributed by atoms with Gasteiger partial charge < -0.3 is 14.6 Å². The summed E-state index contributed by atoms with van der Waals surface area (Å²) in [6, 6.07) is 8.52. The highest BCUT2D eigenvalue weighted by Crippen LogP contribution is 2.40. The number of aliphatic hydroxyl groups excluding tert-OH is 1. The van der Waals surface area contributed by atoms with Crippen molar-refractivity contribution in [2.75, 3.05) is 24.6 Å². The molecule has 0 radical (unpaired) electrons. The molecule has 0 amide bonds. The molecule has 1 aliphatic heterocycles. The zero-order chi connectivity index (χ0) is 19.8. The third kappa shape index (κ3) is 3.49. The highest BCUT2D eigenvalue weighted by Gasteiger charge is 2.34. The minimum atomic E-state index is -3.80. The summed E-state index contributed by atoms with van der Waals surface area (Å²) in [6.07, 6.45) is -0.353. The van der Waals surface area contributed by atoms with Crippen LogP contribution >= 0.6 is 0 Å². The number of methoxy groups -OCH3 is 1. The predicted molar refractivity (Wildman–Crippen MR) is 104 cm³/mol. The van der Waals surface area contributed by atoms with Gasteiger partial charge in [-0.2, -0.15) is 0 Å². The second-order valence-electron chi connectivity index (χ2n) is 6.62. The fourth-order valence-electron chi connectivity index (χ4n) is 3.38. The number of sulfonamides is 1. The Labute approximate surface area is 160 Å². The summed E-state index contributed by atoms with van der Waals surface area (Å²) in [4.78, 5) is 0.244. The third-order valence-corrected chi connectivity index (χ3v) is 6.77. The van der Waals surface area contributed by atoms with Gasteiger partial charge in [0.1, 0.15) is 11.5 Å². The van der Waals surface area contributed by atoms with Gasteiger partial charge in [0.2, 0.25) is 0 Å². The fourth-order valence-corrected chi connectivity index (χ4v) is 5.18. The molecule has 0 aliphatic carbocycles. The third-order valence-electron chi connectivity index (χ3n) is 4.81. The lowest BCUT2D eigenvalue weighted by atomic mass is 10.0. The lowest BCUT2D eigenvalue weighted by Crippen LogP contribution is -2.37. The highest BCUT2D eigenvalue weighted by atomic mass is 32.2. The van der Waals surface area contributed by atoms with Gasteiger partial charge in [-0.25, -0.2) is 8.42 Å². The zero-order valence-corrected chi connectivity index (χ0v) is 16.8. The maximum Gasteiger partial charge on any atom is 0.264 e. The molecule has 1 heterocycles. The number of fused-ring (bicyclic) bond motifs is 1. The van der Waals surface area contributed by atoms with Crippen LogP contribution in [0.25, 0.3) is 0 Å². The highest BCUT2D eigenvalue weighted by molar-refractivity contribution is 7.92. The molecule has 146 valence electrons. The van der Waals surface area contributed by atoms with Crippen molar-refractivity contribution in [2.45, 2.75) is 38.2 Å². The van der Waals surface area contributed by atoms with Crippen molar-refractivity contribution in [3.05, 3.63) is 47.0 Å². The predicted octanol–water partition coefficient (Wildman–Crippen LogP) is 3.34. The number of benzene rings is 2. The van der Waals surface area contributed by atoms with E-state index in [-0.39, 0.29) is 11.4 Å². The van der Waals surface area contributed by atoms with Gasteiger partial charge in [-0.05, 0) is 56.5 Å². The van der Waals surface area contributed by atoms with Crippen LogP contribution in [0, 0.1) is 13.8 Å². The molecule has 0 bridgehead atoms. The van der Waals surface area contributed by atoms with Crippen molar-refractivity contribution in [2.24, 2.45) is 0 Å². The zero-order valence-electron chi connectivity index (χ0n) is 16.0. The van der Waals surface area contributed by atoms with Gasteiger partial charge in [-0.3, -0.25) is 4.31 Å². The summed E-state index contributed by atoms with van der Waals surface area (Å²) < 4.78 is 39.1.